The number of amides is 1. The average molecular weight is 299 g/mol. The fourth-order valence-electron chi connectivity index (χ4n) is 2.46. The zero-order valence-corrected chi connectivity index (χ0v) is 13.0. The monoisotopic (exact) mass is 299 g/mol. The Bertz CT molecular complexity index is 661. The second kappa shape index (κ2) is 7.59. The highest BCUT2D eigenvalue weighted by Crippen LogP contribution is 2.26. The van der Waals surface area contributed by atoms with Gasteiger partial charge in [-0.2, -0.15) is 0 Å². The first-order chi connectivity index (χ1) is 10.7. The smallest absolute Gasteiger partial charge is 0.315 e. The van der Waals surface area contributed by atoms with Crippen LogP contribution in [-0.2, 0) is 14.3 Å². The fourth-order valence-corrected chi connectivity index (χ4v) is 2.46. The van der Waals surface area contributed by atoms with Gasteiger partial charge in [0, 0.05) is 13.0 Å². The van der Waals surface area contributed by atoms with Crippen LogP contribution in [0.15, 0.2) is 42.5 Å². The first-order valence-electron chi connectivity index (χ1n) is 7.58. The van der Waals surface area contributed by atoms with Crippen molar-refractivity contribution >= 4 is 22.6 Å². The lowest BCUT2D eigenvalue weighted by Gasteiger charge is -2.18. The molecule has 0 bridgehead atoms. The van der Waals surface area contributed by atoms with Gasteiger partial charge in [0.2, 0.25) is 5.91 Å². The van der Waals surface area contributed by atoms with Crippen molar-refractivity contribution in [3.8, 4) is 0 Å². The van der Waals surface area contributed by atoms with Crippen LogP contribution in [0.25, 0.3) is 10.8 Å². The van der Waals surface area contributed by atoms with E-state index in [0.717, 1.165) is 16.3 Å². The molecule has 0 aliphatic carbocycles. The van der Waals surface area contributed by atoms with Crippen LogP contribution in [0, 0.1) is 0 Å². The maximum atomic E-state index is 12.3. The number of hydrogen-bond donors (Lipinski definition) is 1. The Morgan fingerprint density at radius 2 is 1.82 bits per heavy atom. The van der Waals surface area contributed by atoms with Gasteiger partial charge in [0.15, 0.2) is 0 Å². The van der Waals surface area contributed by atoms with E-state index in [2.05, 4.69) is 5.32 Å². The molecule has 116 valence electrons. The van der Waals surface area contributed by atoms with Crippen LogP contribution < -0.4 is 5.32 Å². The summed E-state index contributed by atoms with van der Waals surface area (Å²) in [7, 11) is 0. The molecule has 0 radical (unpaired) electrons. The Morgan fingerprint density at radius 1 is 1.09 bits per heavy atom. The Kier molecular flexibility index (Phi) is 5.53. The zero-order valence-electron chi connectivity index (χ0n) is 13.0. The third-order valence-electron chi connectivity index (χ3n) is 3.59. The summed E-state index contributed by atoms with van der Waals surface area (Å²) in [5.74, 6) is -0.883. The van der Waals surface area contributed by atoms with Crippen LogP contribution in [0.5, 0.6) is 0 Å². The third-order valence-corrected chi connectivity index (χ3v) is 3.59. The highest BCUT2D eigenvalue weighted by atomic mass is 16.5. The Morgan fingerprint density at radius 3 is 2.55 bits per heavy atom. The molecule has 2 rings (SSSR count). The van der Waals surface area contributed by atoms with Crippen molar-refractivity contribution in [2.75, 3.05) is 13.2 Å². The number of ether oxygens (including phenoxy) is 1. The molecule has 0 spiro atoms. The summed E-state index contributed by atoms with van der Waals surface area (Å²) in [5.41, 5.74) is 0.882. The van der Waals surface area contributed by atoms with Crippen molar-refractivity contribution < 1.29 is 14.3 Å². The molecule has 0 heterocycles. The topological polar surface area (TPSA) is 55.4 Å². The summed E-state index contributed by atoms with van der Waals surface area (Å²) < 4.78 is 5.18. The molecule has 2 aromatic rings. The maximum absolute atomic E-state index is 12.3. The van der Waals surface area contributed by atoms with Crippen molar-refractivity contribution in [2.45, 2.75) is 26.2 Å². The molecule has 4 nitrogen and oxygen atoms in total. The molecule has 0 fully saturated rings. The van der Waals surface area contributed by atoms with Gasteiger partial charge in [-0.05, 0) is 23.3 Å². The van der Waals surface area contributed by atoms with E-state index < -0.39 is 5.92 Å². The van der Waals surface area contributed by atoms with E-state index in [1.54, 1.807) is 13.8 Å². The summed E-state index contributed by atoms with van der Waals surface area (Å²) >= 11 is 0. The summed E-state index contributed by atoms with van der Waals surface area (Å²) in [6, 6.07) is 13.7. The van der Waals surface area contributed by atoms with Gasteiger partial charge < -0.3 is 10.1 Å². The Labute approximate surface area is 130 Å². The molecule has 0 saturated carbocycles. The van der Waals surface area contributed by atoms with E-state index in [1.807, 2.05) is 42.5 Å². The Hall–Kier alpha value is -2.36. The van der Waals surface area contributed by atoms with E-state index in [4.69, 9.17) is 4.74 Å². The van der Waals surface area contributed by atoms with E-state index >= 15 is 0 Å². The lowest BCUT2D eigenvalue weighted by Crippen LogP contribution is -2.32. The molecule has 1 N–H and O–H groups in total. The second-order valence-electron chi connectivity index (χ2n) is 5.03. The quantitative estimate of drug-likeness (QED) is 0.834. The molecular formula is C18H21NO3. The molecule has 2 aromatic carbocycles. The van der Waals surface area contributed by atoms with Gasteiger partial charge in [-0.15, -0.1) is 0 Å². The standard InChI is InChI=1S/C18H21NO3/c1-3-17(20)19-12-16(18(21)22-4-2)15-11-7-9-13-8-5-6-10-14(13)15/h5-11,16H,3-4,12H2,1-2H3,(H,19,20). The molecule has 22 heavy (non-hydrogen) atoms. The molecule has 0 aromatic heterocycles. The molecule has 1 unspecified atom stereocenters. The first kappa shape index (κ1) is 16.0. The van der Waals surface area contributed by atoms with Crippen LogP contribution in [-0.4, -0.2) is 25.0 Å². The van der Waals surface area contributed by atoms with Crippen LogP contribution in [0.2, 0.25) is 0 Å². The van der Waals surface area contributed by atoms with Crippen LogP contribution in [0.1, 0.15) is 31.7 Å². The number of rotatable bonds is 6. The molecule has 4 heteroatoms. The second-order valence-corrected chi connectivity index (χ2v) is 5.03. The maximum Gasteiger partial charge on any atom is 0.315 e. The average Bonchev–Trinajstić information content (AvgIpc) is 2.55. The van der Waals surface area contributed by atoms with E-state index in [0.29, 0.717) is 13.0 Å². The fraction of sp³-hybridized carbons (Fsp3) is 0.333. The highest BCUT2D eigenvalue weighted by molar-refractivity contribution is 5.91. The zero-order chi connectivity index (χ0) is 15.9. The van der Waals surface area contributed by atoms with Gasteiger partial charge in [-0.1, -0.05) is 49.4 Å². The molecule has 1 atom stereocenters. The van der Waals surface area contributed by atoms with E-state index in [-0.39, 0.29) is 18.4 Å². The number of fused-ring (bicyclic) bond motifs is 1. The van der Waals surface area contributed by atoms with Gasteiger partial charge in [-0.3, -0.25) is 9.59 Å². The number of hydrogen-bond acceptors (Lipinski definition) is 3. The van der Waals surface area contributed by atoms with E-state index in [1.165, 1.54) is 0 Å². The highest BCUT2D eigenvalue weighted by Gasteiger charge is 2.24. The summed E-state index contributed by atoms with van der Waals surface area (Å²) in [6.45, 7) is 4.14. The minimum absolute atomic E-state index is 0.0745. The minimum Gasteiger partial charge on any atom is -0.465 e. The number of nitrogens with one attached hydrogen (secondary N) is 1. The molecule has 0 saturated heterocycles. The van der Waals surface area contributed by atoms with Crippen molar-refractivity contribution in [3.63, 3.8) is 0 Å². The van der Waals surface area contributed by atoms with Gasteiger partial charge >= 0.3 is 5.97 Å². The van der Waals surface area contributed by atoms with Crippen molar-refractivity contribution in [1.82, 2.24) is 5.32 Å². The molecule has 0 aliphatic rings. The predicted molar refractivity (Wildman–Crippen MR) is 86.6 cm³/mol. The molecule has 0 aliphatic heterocycles. The molecular weight excluding hydrogens is 278 g/mol. The lowest BCUT2D eigenvalue weighted by atomic mass is 9.93. The van der Waals surface area contributed by atoms with Crippen LogP contribution >= 0.6 is 0 Å². The Balaban J connectivity index is 2.37. The van der Waals surface area contributed by atoms with Gasteiger partial charge in [0.05, 0.1) is 12.5 Å². The predicted octanol–water partition coefficient (Wildman–Crippen LogP) is 3.01. The van der Waals surface area contributed by atoms with Gasteiger partial charge in [0.1, 0.15) is 0 Å². The largest absolute Gasteiger partial charge is 0.465 e. The van der Waals surface area contributed by atoms with Crippen LogP contribution in [0.4, 0.5) is 0 Å². The number of carbonyl (C=O) groups excluding carboxylic acids is 2. The summed E-state index contributed by atoms with van der Waals surface area (Å²) in [5, 5.41) is 4.87. The summed E-state index contributed by atoms with van der Waals surface area (Å²) in [6.07, 6.45) is 0.394. The third kappa shape index (κ3) is 3.64. The van der Waals surface area contributed by atoms with Crippen LogP contribution in [0.3, 0.4) is 0 Å². The molecule has 1 amide bonds. The van der Waals surface area contributed by atoms with Crippen molar-refractivity contribution in [2.24, 2.45) is 0 Å². The number of carbonyl (C=O) groups is 2. The summed E-state index contributed by atoms with van der Waals surface area (Å²) in [4.78, 5) is 23.8. The lowest BCUT2D eigenvalue weighted by molar-refractivity contribution is -0.144. The van der Waals surface area contributed by atoms with Crippen molar-refractivity contribution in [1.29, 1.82) is 0 Å². The normalized spacial score (nSPS) is 11.9. The SMILES string of the molecule is CCOC(=O)C(CNC(=O)CC)c1cccc2ccccc12. The minimum atomic E-state index is -0.499. The van der Waals surface area contributed by atoms with Gasteiger partial charge in [0.25, 0.3) is 0 Å². The van der Waals surface area contributed by atoms with E-state index in [9.17, 15) is 9.59 Å². The van der Waals surface area contributed by atoms with Crippen molar-refractivity contribution in [3.05, 3.63) is 48.0 Å². The number of esters is 1. The van der Waals surface area contributed by atoms with Gasteiger partial charge in [-0.25, -0.2) is 0 Å². The number of benzene rings is 2. The first-order valence-corrected chi connectivity index (χ1v) is 7.58.